The van der Waals surface area contributed by atoms with Crippen LogP contribution in [0.15, 0.2) is 62.2 Å². The van der Waals surface area contributed by atoms with E-state index in [0.29, 0.717) is 16.5 Å². The van der Waals surface area contributed by atoms with Gasteiger partial charge in [-0.2, -0.15) is 0 Å². The molecule has 3 aromatic rings. The minimum atomic E-state index is -0.576. The van der Waals surface area contributed by atoms with Gasteiger partial charge in [0.2, 0.25) is 5.76 Å². The molecule has 5 nitrogen and oxygen atoms in total. The Hall–Kier alpha value is -2.44. The van der Waals surface area contributed by atoms with Crippen LogP contribution in [0.2, 0.25) is 0 Å². The molecule has 0 unspecified atom stereocenters. The van der Waals surface area contributed by atoms with Crippen molar-refractivity contribution in [1.82, 2.24) is 4.90 Å². The average Bonchev–Trinajstić information content (AvgIpc) is 2.89. The molecule has 0 radical (unpaired) electrons. The van der Waals surface area contributed by atoms with Crippen molar-refractivity contribution in [3.05, 3.63) is 80.1 Å². The zero-order valence-electron chi connectivity index (χ0n) is 13.1. The van der Waals surface area contributed by atoms with Gasteiger partial charge in [0.25, 0.3) is 5.91 Å². The molecule has 1 aromatic heterocycles. The standard InChI is InChI=1S/C19H14BrNO4/c20-12-5-3-4-11(10-12)16-15-17(23)13-6-1-2-7-14(13)25-18(15)19(24)21(16)8-9-22/h1-7,10,16,22H,8-9H2/t16-/m1/s1. The van der Waals surface area contributed by atoms with Gasteiger partial charge >= 0.3 is 0 Å². The van der Waals surface area contributed by atoms with Gasteiger partial charge in [-0.25, -0.2) is 0 Å². The number of hydrogen-bond acceptors (Lipinski definition) is 4. The molecule has 2 heterocycles. The van der Waals surface area contributed by atoms with Crippen LogP contribution in [0.5, 0.6) is 0 Å². The highest BCUT2D eigenvalue weighted by atomic mass is 79.9. The van der Waals surface area contributed by atoms with Crippen molar-refractivity contribution >= 4 is 32.8 Å². The molecule has 1 aliphatic heterocycles. The number of aliphatic hydroxyl groups is 1. The third-order valence-corrected chi connectivity index (χ3v) is 4.87. The summed E-state index contributed by atoms with van der Waals surface area (Å²) in [7, 11) is 0. The van der Waals surface area contributed by atoms with Crippen molar-refractivity contribution in [2.45, 2.75) is 6.04 Å². The van der Waals surface area contributed by atoms with E-state index in [1.807, 2.05) is 24.3 Å². The van der Waals surface area contributed by atoms with Crippen LogP contribution >= 0.6 is 15.9 Å². The number of carbonyl (C=O) groups is 1. The second kappa shape index (κ2) is 6.13. The monoisotopic (exact) mass is 399 g/mol. The molecule has 1 aliphatic rings. The van der Waals surface area contributed by atoms with Crippen molar-refractivity contribution in [2.75, 3.05) is 13.2 Å². The molecule has 6 heteroatoms. The molecule has 0 spiro atoms. The average molecular weight is 400 g/mol. The van der Waals surface area contributed by atoms with E-state index in [1.54, 1.807) is 24.3 Å². The first-order chi connectivity index (χ1) is 12.1. The van der Waals surface area contributed by atoms with Gasteiger partial charge in [0.1, 0.15) is 5.58 Å². The number of halogens is 1. The Morgan fingerprint density at radius 1 is 1.12 bits per heavy atom. The first kappa shape index (κ1) is 16.1. The Kier molecular flexibility index (Phi) is 3.94. The topological polar surface area (TPSA) is 70.8 Å². The van der Waals surface area contributed by atoms with E-state index >= 15 is 0 Å². The van der Waals surface area contributed by atoms with Gasteiger partial charge in [-0.05, 0) is 29.8 Å². The van der Waals surface area contributed by atoms with Crippen LogP contribution in [-0.4, -0.2) is 29.1 Å². The molecule has 4 rings (SSSR count). The third kappa shape index (κ3) is 2.49. The van der Waals surface area contributed by atoms with Crippen LogP contribution in [0.4, 0.5) is 0 Å². The SMILES string of the molecule is O=C1c2oc3ccccc3c(=O)c2[C@@H](c2cccc(Br)c2)N1CCO. The van der Waals surface area contributed by atoms with Crippen LogP contribution in [0.3, 0.4) is 0 Å². The number of nitrogens with zero attached hydrogens (tertiary/aromatic N) is 1. The van der Waals surface area contributed by atoms with Crippen molar-refractivity contribution in [1.29, 1.82) is 0 Å². The molecule has 1 amide bonds. The van der Waals surface area contributed by atoms with E-state index in [-0.39, 0.29) is 30.2 Å². The summed E-state index contributed by atoms with van der Waals surface area (Å²) in [6, 6.07) is 13.8. The molecule has 1 N–H and O–H groups in total. The molecule has 0 aliphatic carbocycles. The number of amides is 1. The Morgan fingerprint density at radius 2 is 1.92 bits per heavy atom. The maximum Gasteiger partial charge on any atom is 0.290 e. The minimum absolute atomic E-state index is 0.0575. The lowest BCUT2D eigenvalue weighted by molar-refractivity contribution is 0.0691. The van der Waals surface area contributed by atoms with Crippen LogP contribution in [-0.2, 0) is 0 Å². The number of carbonyl (C=O) groups excluding carboxylic acids is 1. The second-order valence-corrected chi connectivity index (χ2v) is 6.77. The Balaban J connectivity index is 2.02. The molecule has 0 saturated carbocycles. The summed E-state index contributed by atoms with van der Waals surface area (Å²) in [5, 5.41) is 9.83. The summed E-state index contributed by atoms with van der Waals surface area (Å²) in [6.07, 6.45) is 0. The van der Waals surface area contributed by atoms with Crippen LogP contribution in [0.1, 0.15) is 27.7 Å². The third-order valence-electron chi connectivity index (χ3n) is 4.38. The number of hydrogen-bond donors (Lipinski definition) is 1. The summed E-state index contributed by atoms with van der Waals surface area (Å²) in [6.45, 7) is -0.0755. The maximum absolute atomic E-state index is 13.1. The largest absolute Gasteiger partial charge is 0.450 e. The van der Waals surface area contributed by atoms with Gasteiger partial charge in [-0.3, -0.25) is 9.59 Å². The summed E-state index contributed by atoms with van der Waals surface area (Å²) >= 11 is 3.43. The summed E-state index contributed by atoms with van der Waals surface area (Å²) in [4.78, 5) is 27.4. The van der Waals surface area contributed by atoms with Gasteiger partial charge in [0.05, 0.1) is 23.6 Å². The lowest BCUT2D eigenvalue weighted by Crippen LogP contribution is -2.32. The van der Waals surface area contributed by atoms with Gasteiger partial charge in [0.15, 0.2) is 5.43 Å². The van der Waals surface area contributed by atoms with Crippen LogP contribution in [0, 0.1) is 0 Å². The zero-order valence-corrected chi connectivity index (χ0v) is 14.7. The molecular formula is C19H14BrNO4. The molecule has 1 atom stereocenters. The number of benzene rings is 2. The quantitative estimate of drug-likeness (QED) is 0.734. The van der Waals surface area contributed by atoms with E-state index in [0.717, 1.165) is 10.0 Å². The van der Waals surface area contributed by atoms with Gasteiger partial charge in [0, 0.05) is 11.0 Å². The number of rotatable bonds is 3. The first-order valence-electron chi connectivity index (χ1n) is 7.85. The van der Waals surface area contributed by atoms with Gasteiger partial charge in [-0.15, -0.1) is 0 Å². The fourth-order valence-corrected chi connectivity index (χ4v) is 3.75. The molecule has 0 fully saturated rings. The highest BCUT2D eigenvalue weighted by Crippen LogP contribution is 2.38. The highest BCUT2D eigenvalue weighted by Gasteiger charge is 2.42. The number of para-hydroxylation sites is 1. The highest BCUT2D eigenvalue weighted by molar-refractivity contribution is 9.10. The number of β-amino-alcohol motifs (C(OH)–C–C–N with tert-alkyl or cyclic N) is 1. The summed E-state index contributed by atoms with van der Waals surface area (Å²) < 4.78 is 6.62. The molecule has 25 heavy (non-hydrogen) atoms. The number of aliphatic hydroxyl groups excluding tert-OH is 1. The normalized spacial score (nSPS) is 16.5. The van der Waals surface area contributed by atoms with Gasteiger partial charge < -0.3 is 14.4 Å². The Labute approximate surface area is 151 Å². The summed E-state index contributed by atoms with van der Waals surface area (Å²) in [5.74, 6) is -0.320. The van der Waals surface area contributed by atoms with Crippen LogP contribution in [0.25, 0.3) is 11.0 Å². The zero-order chi connectivity index (χ0) is 17.6. The molecule has 2 aromatic carbocycles. The Bertz CT molecular complexity index is 1040. The lowest BCUT2D eigenvalue weighted by Gasteiger charge is -2.24. The number of fused-ring (bicyclic) bond motifs is 2. The summed E-state index contributed by atoms with van der Waals surface area (Å²) in [5.41, 5.74) is 1.29. The van der Waals surface area contributed by atoms with Gasteiger partial charge in [-0.1, -0.05) is 40.2 Å². The smallest absolute Gasteiger partial charge is 0.290 e. The molecule has 0 bridgehead atoms. The first-order valence-corrected chi connectivity index (χ1v) is 8.64. The van der Waals surface area contributed by atoms with E-state index in [9.17, 15) is 14.7 Å². The van der Waals surface area contributed by atoms with E-state index < -0.39 is 6.04 Å². The van der Waals surface area contributed by atoms with Crippen LogP contribution < -0.4 is 5.43 Å². The minimum Gasteiger partial charge on any atom is -0.450 e. The van der Waals surface area contributed by atoms with Crippen molar-refractivity contribution < 1.29 is 14.3 Å². The Morgan fingerprint density at radius 3 is 2.68 bits per heavy atom. The molecular weight excluding hydrogens is 386 g/mol. The van der Waals surface area contributed by atoms with Crippen molar-refractivity contribution in [3.8, 4) is 0 Å². The molecule has 0 saturated heterocycles. The predicted octanol–water partition coefficient (Wildman–Crippen LogP) is 3.09. The predicted molar refractivity (Wildman–Crippen MR) is 96.6 cm³/mol. The van der Waals surface area contributed by atoms with E-state index in [4.69, 9.17) is 4.42 Å². The van der Waals surface area contributed by atoms with E-state index in [2.05, 4.69) is 15.9 Å². The molecule has 126 valence electrons. The van der Waals surface area contributed by atoms with Crippen molar-refractivity contribution in [3.63, 3.8) is 0 Å². The maximum atomic E-state index is 13.1. The second-order valence-electron chi connectivity index (χ2n) is 5.85. The van der Waals surface area contributed by atoms with Crippen molar-refractivity contribution in [2.24, 2.45) is 0 Å². The fourth-order valence-electron chi connectivity index (χ4n) is 3.33. The van der Waals surface area contributed by atoms with E-state index in [1.165, 1.54) is 4.90 Å². The fraction of sp³-hybridized carbons (Fsp3) is 0.158. The lowest BCUT2D eigenvalue weighted by atomic mass is 9.98.